The molecule has 1 aliphatic carbocycles. The van der Waals surface area contributed by atoms with Gasteiger partial charge in [-0.25, -0.2) is 0 Å². The van der Waals surface area contributed by atoms with Gasteiger partial charge in [0.05, 0.1) is 0 Å². The zero-order valence-electron chi connectivity index (χ0n) is 19.4. The molecule has 0 aliphatic heterocycles. The summed E-state index contributed by atoms with van der Waals surface area (Å²) in [4.78, 5) is 4.41. The molecular formula is C21H41IN6OS. The highest BCUT2D eigenvalue weighted by atomic mass is 127. The summed E-state index contributed by atoms with van der Waals surface area (Å²) >= 11 is 1.67. The molecule has 1 aromatic rings. The van der Waals surface area contributed by atoms with Crippen LogP contribution in [0, 0.1) is 11.3 Å². The molecule has 0 spiro atoms. The molecule has 1 fully saturated rings. The molecule has 1 aromatic heterocycles. The SMILES string of the molecule is CN=C(NCCCc1nnc(SC)n1CC(C)C)NCC1(CCOC)CCCC1.I. The van der Waals surface area contributed by atoms with Gasteiger partial charge in [0.1, 0.15) is 5.82 Å². The second-order valence-corrected chi connectivity index (χ2v) is 9.29. The highest BCUT2D eigenvalue weighted by Crippen LogP contribution is 2.40. The van der Waals surface area contributed by atoms with Crippen LogP contribution in [0.25, 0.3) is 0 Å². The lowest BCUT2D eigenvalue weighted by Crippen LogP contribution is -2.43. The molecule has 2 N–H and O–H groups in total. The van der Waals surface area contributed by atoms with E-state index in [4.69, 9.17) is 4.74 Å². The van der Waals surface area contributed by atoms with Gasteiger partial charge >= 0.3 is 0 Å². The fourth-order valence-electron chi connectivity index (χ4n) is 4.11. The van der Waals surface area contributed by atoms with Crippen molar-refractivity contribution in [3.63, 3.8) is 0 Å². The molecule has 2 rings (SSSR count). The van der Waals surface area contributed by atoms with Crippen LogP contribution in [0.15, 0.2) is 10.1 Å². The maximum Gasteiger partial charge on any atom is 0.190 e. The number of aliphatic imine (C=N–C) groups is 1. The van der Waals surface area contributed by atoms with E-state index in [1.54, 1.807) is 18.9 Å². The van der Waals surface area contributed by atoms with Crippen LogP contribution in [0.1, 0.15) is 58.2 Å². The van der Waals surface area contributed by atoms with Crippen LogP contribution in [0.3, 0.4) is 0 Å². The molecule has 0 saturated heterocycles. The molecule has 7 nitrogen and oxygen atoms in total. The van der Waals surface area contributed by atoms with E-state index in [2.05, 4.69) is 50.5 Å². The van der Waals surface area contributed by atoms with E-state index in [0.29, 0.717) is 11.3 Å². The van der Waals surface area contributed by atoms with E-state index in [-0.39, 0.29) is 24.0 Å². The third-order valence-electron chi connectivity index (χ3n) is 5.75. The average molecular weight is 553 g/mol. The van der Waals surface area contributed by atoms with Crippen LogP contribution in [-0.4, -0.2) is 60.8 Å². The Bertz CT molecular complexity index is 631. The van der Waals surface area contributed by atoms with Gasteiger partial charge in [0.25, 0.3) is 0 Å². The Kier molecular flexibility index (Phi) is 13.3. The highest BCUT2D eigenvalue weighted by Gasteiger charge is 2.33. The van der Waals surface area contributed by atoms with Gasteiger partial charge in [-0.2, -0.15) is 0 Å². The topological polar surface area (TPSA) is 76.4 Å². The lowest BCUT2D eigenvalue weighted by molar-refractivity contribution is 0.138. The molecule has 1 heterocycles. The van der Waals surface area contributed by atoms with Crippen LogP contribution >= 0.6 is 35.7 Å². The van der Waals surface area contributed by atoms with Gasteiger partial charge in [0.2, 0.25) is 0 Å². The Morgan fingerprint density at radius 2 is 2.00 bits per heavy atom. The van der Waals surface area contributed by atoms with Gasteiger partial charge in [0, 0.05) is 46.8 Å². The predicted octanol–water partition coefficient (Wildman–Crippen LogP) is 3.97. The number of methoxy groups -OCH3 is 1. The molecule has 1 saturated carbocycles. The Morgan fingerprint density at radius 3 is 2.60 bits per heavy atom. The van der Waals surface area contributed by atoms with Crippen molar-refractivity contribution in [2.75, 3.05) is 40.1 Å². The summed E-state index contributed by atoms with van der Waals surface area (Å²) in [5, 5.41) is 16.8. The first-order chi connectivity index (χ1) is 14.0. The van der Waals surface area contributed by atoms with Gasteiger partial charge in [-0.1, -0.05) is 38.5 Å². The van der Waals surface area contributed by atoms with Gasteiger partial charge in [-0.3, -0.25) is 4.99 Å². The maximum atomic E-state index is 5.34. The minimum atomic E-state index is 0. The third-order valence-corrected chi connectivity index (χ3v) is 6.42. The average Bonchev–Trinajstić information content (AvgIpc) is 3.33. The molecule has 0 unspecified atom stereocenters. The van der Waals surface area contributed by atoms with Crippen molar-refractivity contribution in [1.29, 1.82) is 0 Å². The van der Waals surface area contributed by atoms with E-state index in [0.717, 1.165) is 62.4 Å². The Labute approximate surface area is 204 Å². The number of hydrogen-bond donors (Lipinski definition) is 2. The van der Waals surface area contributed by atoms with Crippen molar-refractivity contribution in [3.05, 3.63) is 5.82 Å². The third kappa shape index (κ3) is 8.53. The van der Waals surface area contributed by atoms with E-state index < -0.39 is 0 Å². The summed E-state index contributed by atoms with van der Waals surface area (Å²) < 4.78 is 7.60. The van der Waals surface area contributed by atoms with Gasteiger partial charge in [0.15, 0.2) is 11.1 Å². The molecule has 0 radical (unpaired) electrons. The van der Waals surface area contributed by atoms with Crippen LogP contribution < -0.4 is 10.6 Å². The van der Waals surface area contributed by atoms with E-state index in [1.165, 1.54) is 25.7 Å². The number of thioether (sulfide) groups is 1. The fraction of sp³-hybridized carbons (Fsp3) is 0.857. The summed E-state index contributed by atoms with van der Waals surface area (Å²) in [5.74, 6) is 2.55. The number of ether oxygens (including phenoxy) is 1. The van der Waals surface area contributed by atoms with Gasteiger partial charge < -0.3 is 19.9 Å². The number of nitrogens with one attached hydrogen (secondary N) is 2. The number of rotatable bonds is 12. The summed E-state index contributed by atoms with van der Waals surface area (Å²) in [7, 11) is 3.64. The Balaban J connectivity index is 0.00000450. The number of hydrogen-bond acceptors (Lipinski definition) is 5. The monoisotopic (exact) mass is 552 g/mol. The van der Waals surface area contributed by atoms with E-state index in [9.17, 15) is 0 Å². The zero-order chi connectivity index (χ0) is 21.1. The van der Waals surface area contributed by atoms with Crippen molar-refractivity contribution in [1.82, 2.24) is 25.4 Å². The number of nitrogens with zero attached hydrogens (tertiary/aromatic N) is 4. The van der Waals surface area contributed by atoms with Crippen LogP contribution in [-0.2, 0) is 17.7 Å². The molecular weight excluding hydrogens is 511 g/mol. The van der Waals surface area contributed by atoms with Crippen molar-refractivity contribution in [2.45, 2.75) is 70.5 Å². The minimum absolute atomic E-state index is 0. The van der Waals surface area contributed by atoms with Crippen molar-refractivity contribution in [2.24, 2.45) is 16.3 Å². The van der Waals surface area contributed by atoms with Crippen molar-refractivity contribution in [3.8, 4) is 0 Å². The lowest BCUT2D eigenvalue weighted by Gasteiger charge is -2.30. The first kappa shape index (κ1) is 27.5. The summed E-state index contributed by atoms with van der Waals surface area (Å²) in [6.45, 7) is 8.11. The normalized spacial score (nSPS) is 16.0. The lowest BCUT2D eigenvalue weighted by atomic mass is 9.83. The molecule has 1 aliphatic rings. The van der Waals surface area contributed by atoms with E-state index in [1.807, 2.05) is 7.05 Å². The quantitative estimate of drug-likeness (QED) is 0.134. The largest absolute Gasteiger partial charge is 0.385 e. The molecule has 0 atom stereocenters. The van der Waals surface area contributed by atoms with Crippen LogP contribution in [0.2, 0.25) is 0 Å². The molecule has 174 valence electrons. The number of aromatic nitrogens is 3. The summed E-state index contributed by atoms with van der Waals surface area (Å²) in [5.41, 5.74) is 0.356. The summed E-state index contributed by atoms with van der Waals surface area (Å²) in [6, 6.07) is 0. The number of guanidine groups is 1. The molecule has 0 bridgehead atoms. The summed E-state index contributed by atoms with van der Waals surface area (Å²) in [6.07, 6.45) is 10.3. The Hall–Kier alpha value is -0.550. The Morgan fingerprint density at radius 1 is 1.27 bits per heavy atom. The molecule has 0 aromatic carbocycles. The zero-order valence-corrected chi connectivity index (χ0v) is 22.5. The smallest absolute Gasteiger partial charge is 0.190 e. The minimum Gasteiger partial charge on any atom is -0.385 e. The van der Waals surface area contributed by atoms with E-state index >= 15 is 0 Å². The number of aryl methyl sites for hydroxylation is 1. The van der Waals surface area contributed by atoms with Gasteiger partial charge in [-0.15, -0.1) is 34.2 Å². The van der Waals surface area contributed by atoms with Crippen molar-refractivity contribution < 1.29 is 4.74 Å². The molecule has 30 heavy (non-hydrogen) atoms. The van der Waals surface area contributed by atoms with Crippen LogP contribution in [0.4, 0.5) is 0 Å². The van der Waals surface area contributed by atoms with Gasteiger partial charge in [-0.05, 0) is 43.3 Å². The highest BCUT2D eigenvalue weighted by molar-refractivity contribution is 14.0. The van der Waals surface area contributed by atoms with Crippen molar-refractivity contribution >= 4 is 41.7 Å². The second kappa shape index (κ2) is 14.5. The second-order valence-electron chi connectivity index (χ2n) is 8.51. The number of halogens is 1. The first-order valence-corrected chi connectivity index (χ1v) is 12.2. The van der Waals surface area contributed by atoms with Crippen LogP contribution in [0.5, 0.6) is 0 Å². The molecule has 0 amide bonds. The molecule has 9 heteroatoms. The maximum absolute atomic E-state index is 5.34. The fourth-order valence-corrected chi connectivity index (χ4v) is 4.63. The predicted molar refractivity (Wildman–Crippen MR) is 137 cm³/mol. The standard InChI is InChI=1S/C21H40N6OS.HI/c1-17(2)15-27-18(25-26-20(27)29-5)9-8-13-23-19(22-3)24-16-21(12-14-28-4)10-6-7-11-21;/h17H,6-16H2,1-5H3,(H2,22,23,24);1H. The first-order valence-electron chi connectivity index (χ1n) is 10.9.